The van der Waals surface area contributed by atoms with Gasteiger partial charge in [-0.2, -0.15) is 0 Å². The number of nitrogens with one attached hydrogen (secondary N) is 2. The standard InChI is InChI=1S/C13H21N3O5/c1-2-3-6-9(14-13(20)21)11(18)12(19)15-16-8-5-4-7-10(16)17/h9,14H,2-8H2,1H3,(H,15,19)(H,20,21). The smallest absolute Gasteiger partial charge is 0.405 e. The third kappa shape index (κ3) is 5.41. The first-order valence-corrected chi connectivity index (χ1v) is 7.10. The quantitative estimate of drug-likeness (QED) is 0.589. The summed E-state index contributed by atoms with van der Waals surface area (Å²) in [6, 6.07) is -1.08. The molecule has 21 heavy (non-hydrogen) atoms. The Balaban J connectivity index is 2.61. The average molecular weight is 299 g/mol. The summed E-state index contributed by atoms with van der Waals surface area (Å²) >= 11 is 0. The number of hydrogen-bond acceptors (Lipinski definition) is 4. The van der Waals surface area contributed by atoms with E-state index in [2.05, 4.69) is 5.43 Å². The molecule has 0 bridgehead atoms. The first-order chi connectivity index (χ1) is 9.95. The van der Waals surface area contributed by atoms with Crippen molar-refractivity contribution in [3.63, 3.8) is 0 Å². The van der Waals surface area contributed by atoms with Gasteiger partial charge >= 0.3 is 12.0 Å². The zero-order chi connectivity index (χ0) is 15.8. The van der Waals surface area contributed by atoms with Gasteiger partial charge in [0.05, 0.1) is 0 Å². The molecule has 118 valence electrons. The fourth-order valence-electron chi connectivity index (χ4n) is 2.09. The van der Waals surface area contributed by atoms with Gasteiger partial charge in [-0.15, -0.1) is 0 Å². The van der Waals surface area contributed by atoms with Gasteiger partial charge in [-0.1, -0.05) is 19.8 Å². The number of amides is 3. The Morgan fingerprint density at radius 3 is 2.62 bits per heavy atom. The monoisotopic (exact) mass is 299 g/mol. The van der Waals surface area contributed by atoms with E-state index in [4.69, 9.17) is 5.11 Å². The van der Waals surface area contributed by atoms with Gasteiger partial charge in [-0.3, -0.25) is 24.8 Å². The number of hydrazine groups is 1. The topological polar surface area (TPSA) is 116 Å². The maximum atomic E-state index is 12.0. The van der Waals surface area contributed by atoms with Crippen molar-refractivity contribution in [1.29, 1.82) is 0 Å². The summed E-state index contributed by atoms with van der Waals surface area (Å²) < 4.78 is 0. The second-order valence-electron chi connectivity index (χ2n) is 4.95. The van der Waals surface area contributed by atoms with E-state index in [9.17, 15) is 19.2 Å². The minimum Gasteiger partial charge on any atom is -0.465 e. The molecule has 0 saturated carbocycles. The minimum absolute atomic E-state index is 0.237. The van der Waals surface area contributed by atoms with Crippen LogP contribution in [0.1, 0.15) is 45.4 Å². The lowest BCUT2D eigenvalue weighted by Crippen LogP contribution is -2.54. The van der Waals surface area contributed by atoms with Gasteiger partial charge in [0.1, 0.15) is 6.04 Å². The zero-order valence-electron chi connectivity index (χ0n) is 12.1. The molecule has 1 rings (SSSR count). The number of piperidine rings is 1. The molecule has 1 atom stereocenters. The first kappa shape index (κ1) is 16.9. The van der Waals surface area contributed by atoms with E-state index >= 15 is 0 Å². The zero-order valence-corrected chi connectivity index (χ0v) is 12.1. The Hall–Kier alpha value is -2.12. The van der Waals surface area contributed by atoms with Gasteiger partial charge in [-0.25, -0.2) is 4.79 Å². The van der Waals surface area contributed by atoms with E-state index < -0.39 is 23.8 Å². The van der Waals surface area contributed by atoms with Crippen molar-refractivity contribution >= 4 is 23.7 Å². The SMILES string of the molecule is CCCCC(NC(=O)O)C(=O)C(=O)NN1CCCCC1=O. The van der Waals surface area contributed by atoms with Crippen LogP contribution in [-0.2, 0) is 14.4 Å². The van der Waals surface area contributed by atoms with Crippen molar-refractivity contribution in [2.24, 2.45) is 0 Å². The number of nitrogens with zero attached hydrogens (tertiary/aromatic N) is 1. The number of carbonyl (C=O) groups is 4. The second-order valence-corrected chi connectivity index (χ2v) is 4.95. The normalized spacial score (nSPS) is 16.2. The summed E-state index contributed by atoms with van der Waals surface area (Å²) in [6.45, 7) is 2.26. The highest BCUT2D eigenvalue weighted by molar-refractivity contribution is 6.38. The van der Waals surface area contributed by atoms with Gasteiger partial charge in [0.25, 0.3) is 0 Å². The summed E-state index contributed by atoms with van der Waals surface area (Å²) in [5.41, 5.74) is 2.26. The maximum absolute atomic E-state index is 12.0. The summed E-state index contributed by atoms with van der Waals surface area (Å²) in [4.78, 5) is 46.1. The van der Waals surface area contributed by atoms with Crippen LogP contribution in [0.25, 0.3) is 0 Å². The third-order valence-electron chi connectivity index (χ3n) is 3.24. The van der Waals surface area contributed by atoms with Gasteiger partial charge < -0.3 is 10.4 Å². The van der Waals surface area contributed by atoms with E-state index in [1.807, 2.05) is 12.2 Å². The van der Waals surface area contributed by atoms with Crippen LogP contribution in [0.5, 0.6) is 0 Å². The van der Waals surface area contributed by atoms with Crippen LogP contribution < -0.4 is 10.7 Å². The van der Waals surface area contributed by atoms with Crippen LogP contribution in [0.4, 0.5) is 4.79 Å². The number of rotatable bonds is 7. The molecule has 0 spiro atoms. The lowest BCUT2D eigenvalue weighted by atomic mass is 10.1. The summed E-state index contributed by atoms with van der Waals surface area (Å²) in [5, 5.41) is 11.9. The predicted octanol–water partition coefficient (Wildman–Crippen LogP) is 0.426. The molecule has 1 aliphatic heterocycles. The Morgan fingerprint density at radius 1 is 1.33 bits per heavy atom. The summed E-state index contributed by atoms with van der Waals surface area (Å²) in [5.74, 6) is -2.07. The molecular weight excluding hydrogens is 278 g/mol. The molecule has 1 aliphatic rings. The minimum atomic E-state index is -1.36. The summed E-state index contributed by atoms with van der Waals surface area (Å²) in [7, 11) is 0. The van der Waals surface area contributed by atoms with Gasteiger partial charge in [-0.05, 0) is 19.3 Å². The van der Waals surface area contributed by atoms with Gasteiger partial charge in [0, 0.05) is 13.0 Å². The number of unbranched alkanes of at least 4 members (excludes halogenated alkanes) is 1. The molecule has 0 aliphatic carbocycles. The molecule has 0 aromatic rings. The Kier molecular flexibility index (Phi) is 6.64. The lowest BCUT2D eigenvalue weighted by Gasteiger charge is -2.27. The molecule has 0 aromatic carbocycles. The van der Waals surface area contributed by atoms with E-state index in [-0.39, 0.29) is 12.3 Å². The molecule has 8 nitrogen and oxygen atoms in total. The van der Waals surface area contributed by atoms with Crippen molar-refractivity contribution in [2.45, 2.75) is 51.5 Å². The number of hydrogen-bond donors (Lipinski definition) is 3. The van der Waals surface area contributed by atoms with Crippen molar-refractivity contribution in [3.05, 3.63) is 0 Å². The first-order valence-electron chi connectivity index (χ1n) is 7.10. The highest BCUT2D eigenvalue weighted by Gasteiger charge is 2.29. The van der Waals surface area contributed by atoms with E-state index in [1.54, 1.807) is 0 Å². The fraction of sp³-hybridized carbons (Fsp3) is 0.692. The lowest BCUT2D eigenvalue weighted by molar-refractivity contribution is -0.148. The molecule has 3 N–H and O–H groups in total. The van der Waals surface area contributed by atoms with E-state index in [0.29, 0.717) is 19.4 Å². The second kappa shape index (κ2) is 8.23. The van der Waals surface area contributed by atoms with Crippen LogP contribution in [0.15, 0.2) is 0 Å². The fourth-order valence-corrected chi connectivity index (χ4v) is 2.09. The van der Waals surface area contributed by atoms with Crippen molar-refractivity contribution in [1.82, 2.24) is 15.8 Å². The summed E-state index contributed by atoms with van der Waals surface area (Å²) in [6.07, 6.45) is 2.14. The number of Topliss-reactive ketones (excluding diaryl/α,β-unsaturated/α-hetero) is 1. The van der Waals surface area contributed by atoms with Crippen molar-refractivity contribution in [2.75, 3.05) is 6.54 Å². The molecule has 1 unspecified atom stereocenters. The third-order valence-corrected chi connectivity index (χ3v) is 3.24. The molecule has 3 amide bonds. The van der Waals surface area contributed by atoms with Crippen molar-refractivity contribution in [3.8, 4) is 0 Å². The van der Waals surface area contributed by atoms with Crippen LogP contribution in [0.3, 0.4) is 0 Å². The Morgan fingerprint density at radius 2 is 2.05 bits per heavy atom. The Bertz CT molecular complexity index is 424. The molecule has 0 aromatic heterocycles. The molecule has 8 heteroatoms. The van der Waals surface area contributed by atoms with E-state index in [0.717, 1.165) is 24.3 Å². The Labute approximate surface area is 122 Å². The van der Waals surface area contributed by atoms with Gasteiger partial charge in [0.2, 0.25) is 11.7 Å². The van der Waals surface area contributed by atoms with Crippen LogP contribution >= 0.6 is 0 Å². The highest BCUT2D eigenvalue weighted by atomic mass is 16.4. The number of carbonyl (C=O) groups excluding carboxylic acids is 3. The predicted molar refractivity (Wildman–Crippen MR) is 73.2 cm³/mol. The number of ketones is 1. The number of carboxylic acid groups (broad SMARTS) is 1. The van der Waals surface area contributed by atoms with Crippen molar-refractivity contribution < 1.29 is 24.3 Å². The molecule has 1 saturated heterocycles. The van der Waals surface area contributed by atoms with Crippen LogP contribution in [0.2, 0.25) is 0 Å². The molecule has 1 fully saturated rings. The average Bonchev–Trinajstić information content (AvgIpc) is 2.44. The largest absolute Gasteiger partial charge is 0.465 e. The van der Waals surface area contributed by atoms with Crippen LogP contribution in [-0.4, -0.2) is 46.4 Å². The molecular formula is C13H21N3O5. The van der Waals surface area contributed by atoms with Gasteiger partial charge in [0.15, 0.2) is 0 Å². The maximum Gasteiger partial charge on any atom is 0.405 e. The van der Waals surface area contributed by atoms with Crippen LogP contribution in [0, 0.1) is 0 Å². The highest BCUT2D eigenvalue weighted by Crippen LogP contribution is 2.08. The molecule has 1 heterocycles. The molecule has 0 radical (unpaired) electrons. The van der Waals surface area contributed by atoms with E-state index in [1.165, 1.54) is 0 Å².